The van der Waals surface area contributed by atoms with E-state index in [9.17, 15) is 4.39 Å². The second-order valence-electron chi connectivity index (χ2n) is 4.37. The van der Waals surface area contributed by atoms with Gasteiger partial charge in [-0.15, -0.1) is 0 Å². The first-order valence-electron chi connectivity index (χ1n) is 6.23. The van der Waals surface area contributed by atoms with E-state index >= 15 is 0 Å². The van der Waals surface area contributed by atoms with Crippen LogP contribution < -0.4 is 10.1 Å². The van der Waals surface area contributed by atoms with Crippen LogP contribution in [-0.4, -0.2) is 23.2 Å². The molecule has 0 aliphatic carbocycles. The van der Waals surface area contributed by atoms with Crippen LogP contribution in [0.2, 0.25) is 0 Å². The first-order chi connectivity index (χ1) is 9.20. The summed E-state index contributed by atoms with van der Waals surface area (Å²) in [6.45, 7) is 3.64. The molecule has 0 saturated heterocycles. The van der Waals surface area contributed by atoms with Crippen LogP contribution in [0.5, 0.6) is 5.75 Å². The second-order valence-corrected chi connectivity index (χ2v) is 4.37. The Morgan fingerprint density at radius 2 is 2.32 bits per heavy atom. The van der Waals surface area contributed by atoms with Crippen LogP contribution in [0, 0.1) is 5.82 Å². The van der Waals surface area contributed by atoms with Crippen LogP contribution in [-0.2, 0) is 6.54 Å². The summed E-state index contributed by atoms with van der Waals surface area (Å²) < 4.78 is 20.5. The Labute approximate surface area is 112 Å². The van der Waals surface area contributed by atoms with Gasteiger partial charge >= 0.3 is 0 Å². The summed E-state index contributed by atoms with van der Waals surface area (Å²) in [5, 5.41) is 3.35. The van der Waals surface area contributed by atoms with Crippen molar-refractivity contribution < 1.29 is 9.13 Å². The minimum atomic E-state index is -0.330. The lowest BCUT2D eigenvalue weighted by atomic mass is 10.1. The number of imidazole rings is 1. The summed E-state index contributed by atoms with van der Waals surface area (Å²) in [5.41, 5.74) is 0.906. The number of halogens is 1. The molecule has 1 aromatic carbocycles. The molecule has 4 nitrogen and oxygen atoms in total. The van der Waals surface area contributed by atoms with E-state index in [2.05, 4.69) is 10.3 Å². The van der Waals surface area contributed by atoms with E-state index in [4.69, 9.17) is 4.74 Å². The summed E-state index contributed by atoms with van der Waals surface area (Å²) in [5.74, 6) is -0.0578. The van der Waals surface area contributed by atoms with Gasteiger partial charge in [0.05, 0.1) is 13.4 Å². The Kier molecular flexibility index (Phi) is 4.52. The molecule has 2 rings (SSSR count). The fraction of sp³-hybridized carbons (Fsp3) is 0.357. The third-order valence-corrected chi connectivity index (χ3v) is 3.06. The van der Waals surface area contributed by atoms with Crippen LogP contribution in [0.15, 0.2) is 36.9 Å². The minimum Gasteiger partial charge on any atom is -0.494 e. The van der Waals surface area contributed by atoms with Crippen molar-refractivity contribution in [2.75, 3.05) is 13.7 Å². The molecule has 0 fully saturated rings. The standard InChI is InChI=1S/C14H18FN3O/c1-11(17-6-8-18-7-5-16-10-18)12-3-4-14(19-2)13(15)9-12/h3-5,7,9-11,17H,6,8H2,1-2H3. The number of nitrogens with one attached hydrogen (secondary N) is 1. The summed E-state index contributed by atoms with van der Waals surface area (Å²) in [6.07, 6.45) is 5.45. The van der Waals surface area contributed by atoms with E-state index in [0.29, 0.717) is 0 Å². The monoisotopic (exact) mass is 263 g/mol. The zero-order valence-corrected chi connectivity index (χ0v) is 11.1. The van der Waals surface area contributed by atoms with Gasteiger partial charge in [-0.1, -0.05) is 6.07 Å². The molecule has 0 aliphatic rings. The maximum Gasteiger partial charge on any atom is 0.165 e. The van der Waals surface area contributed by atoms with Gasteiger partial charge in [0.15, 0.2) is 11.6 Å². The number of nitrogens with zero attached hydrogens (tertiary/aromatic N) is 2. The maximum absolute atomic E-state index is 13.6. The van der Waals surface area contributed by atoms with E-state index < -0.39 is 0 Å². The number of rotatable bonds is 6. The molecule has 102 valence electrons. The highest BCUT2D eigenvalue weighted by atomic mass is 19.1. The molecule has 0 aliphatic heterocycles. The van der Waals surface area contributed by atoms with Crippen molar-refractivity contribution in [3.8, 4) is 5.75 Å². The van der Waals surface area contributed by atoms with Gasteiger partial charge in [-0.25, -0.2) is 9.37 Å². The smallest absolute Gasteiger partial charge is 0.165 e. The largest absolute Gasteiger partial charge is 0.494 e. The maximum atomic E-state index is 13.6. The zero-order chi connectivity index (χ0) is 13.7. The molecule has 1 N–H and O–H groups in total. The molecule has 1 heterocycles. The summed E-state index contributed by atoms with van der Waals surface area (Å²) >= 11 is 0. The Bertz CT molecular complexity index is 513. The first kappa shape index (κ1) is 13.5. The fourth-order valence-corrected chi connectivity index (χ4v) is 1.90. The van der Waals surface area contributed by atoms with Crippen molar-refractivity contribution in [2.45, 2.75) is 19.5 Å². The first-order valence-corrected chi connectivity index (χ1v) is 6.23. The van der Waals surface area contributed by atoms with Gasteiger partial charge in [0.25, 0.3) is 0 Å². The van der Waals surface area contributed by atoms with Gasteiger partial charge in [-0.3, -0.25) is 0 Å². The van der Waals surface area contributed by atoms with Gasteiger partial charge < -0.3 is 14.6 Å². The molecule has 1 atom stereocenters. The number of benzene rings is 1. The lowest BCUT2D eigenvalue weighted by molar-refractivity contribution is 0.385. The van der Waals surface area contributed by atoms with E-state index in [-0.39, 0.29) is 17.6 Å². The number of aromatic nitrogens is 2. The summed E-state index contributed by atoms with van der Waals surface area (Å²) in [6, 6.07) is 5.12. The number of hydrogen-bond acceptors (Lipinski definition) is 3. The molecule has 2 aromatic rings. The quantitative estimate of drug-likeness (QED) is 0.869. The van der Waals surface area contributed by atoms with E-state index in [0.717, 1.165) is 18.7 Å². The molecule has 0 spiro atoms. The molecule has 1 unspecified atom stereocenters. The van der Waals surface area contributed by atoms with Crippen molar-refractivity contribution >= 4 is 0 Å². The fourth-order valence-electron chi connectivity index (χ4n) is 1.90. The number of ether oxygens (including phenoxy) is 1. The topological polar surface area (TPSA) is 39.1 Å². The van der Waals surface area contributed by atoms with Crippen LogP contribution in [0.3, 0.4) is 0 Å². The predicted octanol–water partition coefficient (Wildman–Crippen LogP) is 2.38. The predicted molar refractivity (Wildman–Crippen MR) is 71.6 cm³/mol. The van der Waals surface area contributed by atoms with Crippen molar-refractivity contribution in [2.24, 2.45) is 0 Å². The zero-order valence-electron chi connectivity index (χ0n) is 11.1. The number of methoxy groups -OCH3 is 1. The highest BCUT2D eigenvalue weighted by Gasteiger charge is 2.08. The third kappa shape index (κ3) is 3.54. The van der Waals surface area contributed by atoms with E-state index in [1.165, 1.54) is 13.2 Å². The summed E-state index contributed by atoms with van der Waals surface area (Å²) in [7, 11) is 1.46. The normalized spacial score (nSPS) is 12.4. The molecule has 5 heteroatoms. The van der Waals surface area contributed by atoms with Gasteiger partial charge in [0.2, 0.25) is 0 Å². The van der Waals surface area contributed by atoms with Crippen LogP contribution in [0.4, 0.5) is 4.39 Å². The van der Waals surface area contributed by atoms with Crippen LogP contribution >= 0.6 is 0 Å². The molecule has 0 saturated carbocycles. The van der Waals surface area contributed by atoms with E-state index in [1.807, 2.05) is 23.8 Å². The Hall–Kier alpha value is -1.88. The van der Waals surface area contributed by atoms with Gasteiger partial charge in [0.1, 0.15) is 0 Å². The molecular weight excluding hydrogens is 245 g/mol. The van der Waals surface area contributed by atoms with Gasteiger partial charge in [-0.2, -0.15) is 0 Å². The second kappa shape index (κ2) is 6.33. The highest BCUT2D eigenvalue weighted by molar-refractivity contribution is 5.30. The van der Waals surface area contributed by atoms with Gasteiger partial charge in [-0.05, 0) is 24.6 Å². The SMILES string of the molecule is COc1ccc(C(C)NCCn2ccnc2)cc1F. The van der Waals surface area contributed by atoms with Crippen molar-refractivity contribution in [1.29, 1.82) is 0 Å². The highest BCUT2D eigenvalue weighted by Crippen LogP contribution is 2.21. The van der Waals surface area contributed by atoms with Crippen LogP contribution in [0.25, 0.3) is 0 Å². The van der Waals surface area contributed by atoms with E-state index in [1.54, 1.807) is 18.6 Å². The molecule has 1 aromatic heterocycles. The lowest BCUT2D eigenvalue weighted by Crippen LogP contribution is -2.23. The Morgan fingerprint density at radius 3 is 2.95 bits per heavy atom. The third-order valence-electron chi connectivity index (χ3n) is 3.06. The Morgan fingerprint density at radius 1 is 1.47 bits per heavy atom. The minimum absolute atomic E-state index is 0.0870. The molecule has 0 bridgehead atoms. The average Bonchev–Trinajstić information content (AvgIpc) is 2.91. The lowest BCUT2D eigenvalue weighted by Gasteiger charge is -2.15. The van der Waals surface area contributed by atoms with Crippen molar-refractivity contribution in [1.82, 2.24) is 14.9 Å². The molecule has 0 radical (unpaired) electrons. The average molecular weight is 263 g/mol. The molecule has 19 heavy (non-hydrogen) atoms. The Balaban J connectivity index is 1.88. The summed E-state index contributed by atoms with van der Waals surface area (Å²) in [4.78, 5) is 3.98. The van der Waals surface area contributed by atoms with Crippen molar-refractivity contribution in [3.05, 3.63) is 48.3 Å². The van der Waals surface area contributed by atoms with Crippen molar-refractivity contribution in [3.63, 3.8) is 0 Å². The van der Waals surface area contributed by atoms with Crippen LogP contribution in [0.1, 0.15) is 18.5 Å². The van der Waals surface area contributed by atoms with Gasteiger partial charge in [0, 0.05) is 31.5 Å². The number of hydrogen-bond donors (Lipinski definition) is 1. The molecular formula is C14H18FN3O. The molecule has 0 amide bonds.